The first kappa shape index (κ1) is 12.5. The minimum absolute atomic E-state index is 0.308. The summed E-state index contributed by atoms with van der Waals surface area (Å²) in [7, 11) is 0. The van der Waals surface area contributed by atoms with E-state index in [9.17, 15) is 4.79 Å². The molecular formula is C10H17N3O3. The van der Waals surface area contributed by atoms with Crippen LogP contribution in [0, 0.1) is 0 Å². The smallest absolute Gasteiger partial charge is 0.408 e. The zero-order valence-corrected chi connectivity index (χ0v) is 9.98. The van der Waals surface area contributed by atoms with Gasteiger partial charge in [0, 0.05) is 0 Å². The molecular weight excluding hydrogens is 210 g/mol. The number of nitrogens with one attached hydrogen (secondary N) is 1. The minimum atomic E-state index is -0.517. The lowest BCUT2D eigenvalue weighted by atomic mass is 10.2. The molecule has 16 heavy (non-hydrogen) atoms. The van der Waals surface area contributed by atoms with Crippen LogP contribution >= 0.6 is 0 Å². The molecule has 6 nitrogen and oxygen atoms in total. The Balaban J connectivity index is 2.55. The summed E-state index contributed by atoms with van der Waals surface area (Å²) in [6.45, 7) is 7.33. The van der Waals surface area contributed by atoms with E-state index >= 15 is 0 Å². The number of hydrogen-bond acceptors (Lipinski definition) is 5. The quantitative estimate of drug-likeness (QED) is 0.855. The second-order valence-corrected chi connectivity index (χ2v) is 4.39. The van der Waals surface area contributed by atoms with Gasteiger partial charge in [-0.15, -0.1) is 0 Å². The third-order valence-electron chi connectivity index (χ3n) is 1.78. The Hall–Kier alpha value is -1.59. The first-order valence-corrected chi connectivity index (χ1v) is 5.18. The van der Waals surface area contributed by atoms with Crippen molar-refractivity contribution < 1.29 is 14.1 Å². The highest BCUT2D eigenvalue weighted by atomic mass is 16.6. The first-order valence-electron chi connectivity index (χ1n) is 5.18. The van der Waals surface area contributed by atoms with Crippen molar-refractivity contribution in [3.8, 4) is 0 Å². The summed E-state index contributed by atoms with van der Waals surface area (Å²) in [4.78, 5) is 15.4. The number of amides is 1. The van der Waals surface area contributed by atoms with Crippen molar-refractivity contribution in [2.45, 2.75) is 45.8 Å². The van der Waals surface area contributed by atoms with Crippen LogP contribution in [0.3, 0.4) is 0 Å². The molecule has 1 atom stereocenters. The Kier molecular flexibility index (Phi) is 3.87. The van der Waals surface area contributed by atoms with E-state index in [0.29, 0.717) is 12.3 Å². The average Bonchev–Trinajstić information content (AvgIpc) is 2.63. The van der Waals surface area contributed by atoms with E-state index in [0.717, 1.165) is 0 Å². The van der Waals surface area contributed by atoms with Crippen molar-refractivity contribution in [2.24, 2.45) is 0 Å². The third-order valence-corrected chi connectivity index (χ3v) is 1.78. The van der Waals surface area contributed by atoms with Crippen LogP contribution in [-0.4, -0.2) is 21.8 Å². The molecule has 1 aromatic heterocycles. The maximum Gasteiger partial charge on any atom is 0.408 e. The van der Waals surface area contributed by atoms with E-state index in [-0.39, 0.29) is 6.04 Å². The molecule has 0 saturated carbocycles. The van der Waals surface area contributed by atoms with Gasteiger partial charge in [-0.05, 0) is 27.2 Å². The zero-order chi connectivity index (χ0) is 12.2. The van der Waals surface area contributed by atoms with Gasteiger partial charge >= 0.3 is 6.09 Å². The molecule has 0 aliphatic carbocycles. The lowest BCUT2D eigenvalue weighted by Gasteiger charge is -2.21. The molecule has 1 amide bonds. The van der Waals surface area contributed by atoms with E-state index < -0.39 is 11.7 Å². The predicted molar refractivity (Wildman–Crippen MR) is 56.7 cm³/mol. The molecule has 0 aromatic carbocycles. The fourth-order valence-corrected chi connectivity index (χ4v) is 1.12. The van der Waals surface area contributed by atoms with Gasteiger partial charge in [-0.1, -0.05) is 12.1 Å². The predicted octanol–water partition coefficient (Wildman–Crippen LogP) is 2.05. The summed E-state index contributed by atoms with van der Waals surface area (Å²) in [5, 5.41) is 6.16. The molecule has 0 radical (unpaired) electrons. The third kappa shape index (κ3) is 3.88. The number of carbonyl (C=O) groups is 1. The Bertz CT molecular complexity index is 330. The highest BCUT2D eigenvalue weighted by Crippen LogP contribution is 2.14. The van der Waals surface area contributed by atoms with Gasteiger partial charge < -0.3 is 14.6 Å². The lowest BCUT2D eigenvalue weighted by Crippen LogP contribution is -2.34. The second kappa shape index (κ2) is 4.96. The van der Waals surface area contributed by atoms with Crippen LogP contribution in [-0.2, 0) is 4.74 Å². The molecule has 1 unspecified atom stereocenters. The minimum Gasteiger partial charge on any atom is -0.444 e. The van der Waals surface area contributed by atoms with Gasteiger partial charge in [-0.2, -0.15) is 4.98 Å². The van der Waals surface area contributed by atoms with Crippen molar-refractivity contribution >= 4 is 6.09 Å². The summed E-state index contributed by atoms with van der Waals surface area (Å²) in [5.74, 6) is 0.383. The van der Waals surface area contributed by atoms with Crippen molar-refractivity contribution in [1.82, 2.24) is 15.5 Å². The van der Waals surface area contributed by atoms with Crippen LogP contribution in [0.2, 0.25) is 0 Å². The summed E-state index contributed by atoms with van der Waals surface area (Å²) < 4.78 is 10.0. The van der Waals surface area contributed by atoms with Gasteiger partial charge in [0.2, 0.25) is 5.89 Å². The molecule has 0 spiro atoms. The summed E-state index contributed by atoms with van der Waals surface area (Å²) in [6, 6.07) is -0.308. The second-order valence-electron chi connectivity index (χ2n) is 4.39. The molecule has 0 saturated heterocycles. The van der Waals surface area contributed by atoms with E-state index in [2.05, 4.69) is 15.5 Å². The highest BCUT2D eigenvalue weighted by molar-refractivity contribution is 5.68. The molecule has 0 fully saturated rings. The molecule has 90 valence electrons. The molecule has 1 heterocycles. The number of hydrogen-bond donors (Lipinski definition) is 1. The van der Waals surface area contributed by atoms with Gasteiger partial charge in [0.25, 0.3) is 0 Å². The van der Waals surface area contributed by atoms with Gasteiger partial charge in [0.15, 0.2) is 6.33 Å². The fraction of sp³-hybridized carbons (Fsp3) is 0.700. The van der Waals surface area contributed by atoms with Crippen molar-refractivity contribution in [3.05, 3.63) is 12.2 Å². The van der Waals surface area contributed by atoms with Crippen LogP contribution in [0.25, 0.3) is 0 Å². The molecule has 1 N–H and O–H groups in total. The number of rotatable bonds is 3. The number of ether oxygens (including phenoxy) is 1. The van der Waals surface area contributed by atoms with Gasteiger partial charge in [-0.25, -0.2) is 4.79 Å². The maximum absolute atomic E-state index is 11.5. The van der Waals surface area contributed by atoms with E-state index in [1.807, 2.05) is 6.92 Å². The number of aromatic nitrogens is 2. The topological polar surface area (TPSA) is 77.2 Å². The summed E-state index contributed by atoms with van der Waals surface area (Å²) in [6.07, 6.45) is 1.47. The Morgan fingerprint density at radius 3 is 2.75 bits per heavy atom. The van der Waals surface area contributed by atoms with E-state index in [1.54, 1.807) is 20.8 Å². The van der Waals surface area contributed by atoms with E-state index in [1.165, 1.54) is 6.33 Å². The van der Waals surface area contributed by atoms with Gasteiger partial charge in [0.05, 0.1) is 0 Å². The highest BCUT2D eigenvalue weighted by Gasteiger charge is 2.22. The van der Waals surface area contributed by atoms with Crippen LogP contribution in [0.5, 0.6) is 0 Å². The summed E-state index contributed by atoms with van der Waals surface area (Å²) in [5.41, 5.74) is -0.517. The molecule has 0 aliphatic heterocycles. The maximum atomic E-state index is 11.5. The molecule has 1 rings (SSSR count). The average molecular weight is 227 g/mol. The Morgan fingerprint density at radius 1 is 1.62 bits per heavy atom. The Labute approximate surface area is 94.4 Å². The van der Waals surface area contributed by atoms with E-state index in [4.69, 9.17) is 9.26 Å². The fourth-order valence-electron chi connectivity index (χ4n) is 1.12. The largest absolute Gasteiger partial charge is 0.444 e. The molecule has 0 bridgehead atoms. The monoisotopic (exact) mass is 227 g/mol. The normalized spacial score (nSPS) is 13.2. The Morgan fingerprint density at radius 2 is 2.31 bits per heavy atom. The molecule has 1 aromatic rings. The lowest BCUT2D eigenvalue weighted by molar-refractivity contribution is 0.0492. The number of alkyl carbamates (subject to hydrolysis) is 1. The van der Waals surface area contributed by atoms with Crippen LogP contribution in [0.4, 0.5) is 4.79 Å². The van der Waals surface area contributed by atoms with Crippen molar-refractivity contribution in [3.63, 3.8) is 0 Å². The SMILES string of the molecule is CCC(NC(=O)OC(C)(C)C)c1ncno1. The molecule has 0 aliphatic rings. The van der Waals surface area contributed by atoms with Crippen LogP contribution < -0.4 is 5.32 Å². The van der Waals surface area contributed by atoms with Crippen LogP contribution in [0.15, 0.2) is 10.9 Å². The number of carbonyl (C=O) groups excluding carboxylic acids is 1. The molecule has 6 heteroatoms. The zero-order valence-electron chi connectivity index (χ0n) is 9.98. The van der Waals surface area contributed by atoms with Gasteiger partial charge in [-0.3, -0.25) is 0 Å². The van der Waals surface area contributed by atoms with Crippen molar-refractivity contribution in [2.75, 3.05) is 0 Å². The van der Waals surface area contributed by atoms with Crippen molar-refractivity contribution in [1.29, 1.82) is 0 Å². The standard InChI is InChI=1S/C10H17N3O3/c1-5-7(8-11-6-12-16-8)13-9(14)15-10(2,3)4/h6-7H,5H2,1-4H3,(H,13,14). The summed E-state index contributed by atoms with van der Waals surface area (Å²) >= 11 is 0. The first-order chi connectivity index (χ1) is 7.42. The number of nitrogens with zero attached hydrogens (tertiary/aromatic N) is 2. The van der Waals surface area contributed by atoms with Crippen LogP contribution in [0.1, 0.15) is 46.0 Å². The van der Waals surface area contributed by atoms with Gasteiger partial charge in [0.1, 0.15) is 11.6 Å².